The van der Waals surface area contributed by atoms with E-state index in [2.05, 4.69) is 32.5 Å². The summed E-state index contributed by atoms with van der Waals surface area (Å²) in [5.74, 6) is 0.604. The molecule has 1 saturated heterocycles. The third-order valence-electron chi connectivity index (χ3n) is 5.88. The van der Waals surface area contributed by atoms with E-state index in [1.165, 1.54) is 17.7 Å². The van der Waals surface area contributed by atoms with Crippen LogP contribution in [0.5, 0.6) is 11.5 Å². The predicted octanol–water partition coefficient (Wildman–Crippen LogP) is 2.88. The molecule has 2 aromatic heterocycles. The molecule has 3 N–H and O–H groups in total. The van der Waals surface area contributed by atoms with E-state index in [0.29, 0.717) is 18.3 Å². The number of aromatic nitrogens is 2. The number of aliphatic hydroxyl groups excluding tert-OH is 1. The summed E-state index contributed by atoms with van der Waals surface area (Å²) in [4.78, 5) is 24.2. The Hall–Kier alpha value is -2.95. The fourth-order valence-corrected chi connectivity index (χ4v) is 4.95. The van der Waals surface area contributed by atoms with Crippen molar-refractivity contribution in [3.8, 4) is 11.5 Å². The molecule has 0 saturated carbocycles. The summed E-state index contributed by atoms with van der Waals surface area (Å²) >= 11 is 1.65. The van der Waals surface area contributed by atoms with Crippen molar-refractivity contribution >= 4 is 33.3 Å². The van der Waals surface area contributed by atoms with Gasteiger partial charge in [0.25, 0.3) is 0 Å². The zero-order chi connectivity index (χ0) is 24.1. The van der Waals surface area contributed by atoms with Crippen LogP contribution in [-0.4, -0.2) is 71.1 Å². The number of carbonyl (C=O) groups is 1. The van der Waals surface area contributed by atoms with Gasteiger partial charge in [-0.05, 0) is 55.8 Å². The SMILES string of the molecule is CCOC(=O)c1cc(OCC(O)CNC2CCN(c3ncnc4scc(C)c34)CC2)ccc1O. The molecule has 1 unspecified atom stereocenters. The number of hydrogen-bond donors (Lipinski definition) is 3. The van der Waals surface area contributed by atoms with Gasteiger partial charge in [0.1, 0.15) is 46.7 Å². The quantitative estimate of drug-likeness (QED) is 0.393. The zero-order valence-corrected chi connectivity index (χ0v) is 20.2. The van der Waals surface area contributed by atoms with Crippen molar-refractivity contribution in [2.75, 3.05) is 37.7 Å². The number of phenolic OH excluding ortho intramolecular Hbond substituents is 1. The second kappa shape index (κ2) is 11.0. The average Bonchev–Trinajstić information content (AvgIpc) is 3.23. The number of nitrogens with zero attached hydrogens (tertiary/aromatic N) is 3. The number of ether oxygens (including phenoxy) is 2. The number of carbonyl (C=O) groups excluding carboxylic acids is 1. The smallest absolute Gasteiger partial charge is 0.342 e. The summed E-state index contributed by atoms with van der Waals surface area (Å²) in [7, 11) is 0. The second-order valence-corrected chi connectivity index (χ2v) is 9.19. The van der Waals surface area contributed by atoms with Crippen LogP contribution < -0.4 is 15.0 Å². The molecule has 0 spiro atoms. The number of benzene rings is 1. The Bertz CT molecular complexity index is 1130. The average molecular weight is 487 g/mol. The van der Waals surface area contributed by atoms with Crippen LogP contribution in [0, 0.1) is 6.92 Å². The third-order valence-corrected chi connectivity index (χ3v) is 6.88. The minimum absolute atomic E-state index is 0.0392. The lowest BCUT2D eigenvalue weighted by molar-refractivity contribution is 0.0522. The van der Waals surface area contributed by atoms with Crippen molar-refractivity contribution < 1.29 is 24.5 Å². The van der Waals surface area contributed by atoms with Gasteiger partial charge in [0.05, 0.1) is 12.0 Å². The largest absolute Gasteiger partial charge is 0.507 e. The Morgan fingerprint density at radius 3 is 2.88 bits per heavy atom. The first kappa shape index (κ1) is 24.2. The maximum Gasteiger partial charge on any atom is 0.342 e. The molecule has 9 nitrogen and oxygen atoms in total. The summed E-state index contributed by atoms with van der Waals surface area (Å²) in [5, 5.41) is 26.9. The number of esters is 1. The second-order valence-electron chi connectivity index (χ2n) is 8.33. The first-order valence-corrected chi connectivity index (χ1v) is 12.3. The van der Waals surface area contributed by atoms with Crippen molar-refractivity contribution in [1.29, 1.82) is 0 Å². The lowest BCUT2D eigenvalue weighted by Crippen LogP contribution is -2.45. The van der Waals surface area contributed by atoms with Crippen molar-refractivity contribution in [3.05, 3.63) is 41.0 Å². The molecule has 0 aliphatic carbocycles. The van der Waals surface area contributed by atoms with E-state index in [1.807, 2.05) is 0 Å². The number of hydrogen-bond acceptors (Lipinski definition) is 10. The molecule has 1 aliphatic heterocycles. The molecular weight excluding hydrogens is 456 g/mol. The number of rotatable bonds is 9. The van der Waals surface area contributed by atoms with Crippen molar-refractivity contribution in [3.63, 3.8) is 0 Å². The number of nitrogens with one attached hydrogen (secondary N) is 1. The van der Waals surface area contributed by atoms with Gasteiger partial charge in [-0.3, -0.25) is 0 Å². The van der Waals surface area contributed by atoms with E-state index in [0.717, 1.165) is 42.0 Å². The molecule has 182 valence electrons. The Morgan fingerprint density at radius 2 is 2.12 bits per heavy atom. The molecule has 34 heavy (non-hydrogen) atoms. The molecular formula is C24H30N4O5S. The number of phenols is 1. The monoisotopic (exact) mass is 486 g/mol. The summed E-state index contributed by atoms with van der Waals surface area (Å²) in [6, 6.07) is 4.65. The van der Waals surface area contributed by atoms with E-state index in [9.17, 15) is 15.0 Å². The molecule has 0 radical (unpaired) electrons. The highest BCUT2D eigenvalue weighted by atomic mass is 32.1. The molecule has 3 aromatic rings. The Kier molecular flexibility index (Phi) is 7.81. The van der Waals surface area contributed by atoms with Gasteiger partial charge < -0.3 is 29.9 Å². The number of piperidine rings is 1. The predicted molar refractivity (Wildman–Crippen MR) is 131 cm³/mol. The number of fused-ring (bicyclic) bond motifs is 1. The highest BCUT2D eigenvalue weighted by Crippen LogP contribution is 2.32. The van der Waals surface area contributed by atoms with E-state index in [1.54, 1.807) is 30.7 Å². The van der Waals surface area contributed by atoms with Gasteiger partial charge in [-0.1, -0.05) is 0 Å². The van der Waals surface area contributed by atoms with Crippen LogP contribution in [0.2, 0.25) is 0 Å². The topological polar surface area (TPSA) is 117 Å². The summed E-state index contributed by atoms with van der Waals surface area (Å²) in [6.45, 7) is 6.24. The Balaban J connectivity index is 1.23. The highest BCUT2D eigenvalue weighted by molar-refractivity contribution is 7.17. The highest BCUT2D eigenvalue weighted by Gasteiger charge is 2.23. The van der Waals surface area contributed by atoms with Crippen molar-refractivity contribution in [2.24, 2.45) is 0 Å². The lowest BCUT2D eigenvalue weighted by Gasteiger charge is -2.34. The van der Waals surface area contributed by atoms with Crippen molar-refractivity contribution in [2.45, 2.75) is 38.8 Å². The summed E-state index contributed by atoms with van der Waals surface area (Å²) < 4.78 is 10.6. The van der Waals surface area contributed by atoms with Crippen LogP contribution >= 0.6 is 11.3 Å². The van der Waals surface area contributed by atoms with Gasteiger partial charge in [-0.2, -0.15) is 0 Å². The molecule has 4 rings (SSSR count). The van der Waals surface area contributed by atoms with Crippen LogP contribution in [0.15, 0.2) is 29.9 Å². The van der Waals surface area contributed by atoms with Gasteiger partial charge >= 0.3 is 5.97 Å². The fourth-order valence-electron chi connectivity index (χ4n) is 4.06. The number of anilines is 1. The number of thiophene rings is 1. The van der Waals surface area contributed by atoms with Crippen LogP contribution in [0.4, 0.5) is 5.82 Å². The number of aryl methyl sites for hydroxylation is 1. The molecule has 1 atom stereocenters. The van der Waals surface area contributed by atoms with Crippen LogP contribution in [-0.2, 0) is 4.74 Å². The molecule has 0 amide bonds. The van der Waals surface area contributed by atoms with Crippen LogP contribution in [0.3, 0.4) is 0 Å². The van der Waals surface area contributed by atoms with Crippen LogP contribution in [0.1, 0.15) is 35.7 Å². The number of aliphatic hydroxyl groups is 1. The normalized spacial score (nSPS) is 15.4. The van der Waals surface area contributed by atoms with Gasteiger partial charge in [-0.15, -0.1) is 11.3 Å². The lowest BCUT2D eigenvalue weighted by atomic mass is 10.0. The van der Waals surface area contributed by atoms with E-state index in [4.69, 9.17) is 9.47 Å². The molecule has 0 bridgehead atoms. The maximum absolute atomic E-state index is 11.9. The Labute approximate surface area is 202 Å². The minimum atomic E-state index is -0.715. The van der Waals surface area contributed by atoms with Gasteiger partial charge in [0.15, 0.2) is 0 Å². The van der Waals surface area contributed by atoms with Gasteiger partial charge in [0.2, 0.25) is 0 Å². The van der Waals surface area contributed by atoms with E-state index < -0.39 is 12.1 Å². The maximum atomic E-state index is 11.9. The minimum Gasteiger partial charge on any atom is -0.507 e. The standard InChI is InChI=1S/C24H30N4O5S/c1-3-32-24(31)19-10-18(4-5-20(19)30)33-12-17(29)11-25-16-6-8-28(9-7-16)22-21-15(2)13-34-23(21)27-14-26-22/h4-5,10,13-14,16-17,25,29-30H,3,6-9,11-12H2,1-2H3. The van der Waals surface area contributed by atoms with Gasteiger partial charge in [0, 0.05) is 25.7 Å². The van der Waals surface area contributed by atoms with Crippen LogP contribution in [0.25, 0.3) is 10.2 Å². The summed E-state index contributed by atoms with van der Waals surface area (Å²) in [5.41, 5.74) is 1.25. The fraction of sp³-hybridized carbons (Fsp3) is 0.458. The third kappa shape index (κ3) is 5.57. The van der Waals surface area contributed by atoms with E-state index >= 15 is 0 Å². The first-order chi connectivity index (χ1) is 16.5. The zero-order valence-electron chi connectivity index (χ0n) is 19.4. The summed E-state index contributed by atoms with van der Waals surface area (Å²) in [6.07, 6.45) is 2.82. The molecule has 3 heterocycles. The van der Waals surface area contributed by atoms with Gasteiger partial charge in [-0.25, -0.2) is 14.8 Å². The van der Waals surface area contributed by atoms with E-state index in [-0.39, 0.29) is 24.5 Å². The first-order valence-electron chi connectivity index (χ1n) is 11.4. The molecule has 10 heteroatoms. The van der Waals surface area contributed by atoms with Crippen molar-refractivity contribution in [1.82, 2.24) is 15.3 Å². The molecule has 1 aromatic carbocycles. The molecule has 1 aliphatic rings. The molecule has 1 fully saturated rings. The Morgan fingerprint density at radius 1 is 1.32 bits per heavy atom. The number of aromatic hydroxyl groups is 1.